The van der Waals surface area contributed by atoms with E-state index in [1.807, 2.05) is 0 Å². The summed E-state index contributed by atoms with van der Waals surface area (Å²) < 4.78 is 0.718. The summed E-state index contributed by atoms with van der Waals surface area (Å²) in [5, 5.41) is 18.1. The molecule has 0 unspecified atom stereocenters. The van der Waals surface area contributed by atoms with E-state index in [1.54, 1.807) is 0 Å². The third-order valence-electron chi connectivity index (χ3n) is 7.00. The Morgan fingerprint density at radius 1 is 0.783 bits per heavy atom. The molecule has 3 nitrogen and oxygen atoms in total. The zero-order valence-electron chi connectivity index (χ0n) is 13.5. The van der Waals surface area contributed by atoms with Crippen LogP contribution in [0.2, 0.25) is 0 Å². The Labute approximate surface area is 155 Å². The largest absolute Gasteiger partial charge is 0.481 e. The fourth-order valence-corrected chi connectivity index (χ4v) is 5.96. The molecule has 23 heavy (non-hydrogen) atoms. The maximum atomic E-state index is 11.0. The SMILES string of the molecule is N#CC12CCC(Br)(CC1)CC2.O=C(O)C12CCC(Br)(CC1)CC2. The predicted molar refractivity (Wildman–Crippen MR) is 96.8 cm³/mol. The highest BCUT2D eigenvalue weighted by Gasteiger charge is 2.51. The fourth-order valence-electron chi connectivity index (χ4n) is 4.77. The van der Waals surface area contributed by atoms with Gasteiger partial charge in [-0.25, -0.2) is 0 Å². The number of hydrogen-bond acceptors (Lipinski definition) is 2. The topological polar surface area (TPSA) is 61.1 Å². The van der Waals surface area contributed by atoms with E-state index in [9.17, 15) is 4.79 Å². The number of carbonyl (C=O) groups is 1. The molecular formula is C18H25Br2NO2. The predicted octanol–water partition coefficient (Wildman–Crippen LogP) is 5.56. The van der Waals surface area contributed by atoms with Gasteiger partial charge in [-0.2, -0.15) is 5.26 Å². The second-order valence-electron chi connectivity index (χ2n) is 8.28. The zero-order valence-corrected chi connectivity index (χ0v) is 16.7. The van der Waals surface area contributed by atoms with Crippen molar-refractivity contribution in [2.75, 3.05) is 0 Å². The molecule has 0 heterocycles. The van der Waals surface area contributed by atoms with E-state index >= 15 is 0 Å². The number of carboxylic acids is 1. The van der Waals surface area contributed by atoms with Gasteiger partial charge in [0.15, 0.2) is 0 Å². The Kier molecular flexibility index (Phi) is 4.64. The van der Waals surface area contributed by atoms with Gasteiger partial charge in [0, 0.05) is 8.65 Å². The molecule has 6 aliphatic rings. The zero-order chi connectivity index (χ0) is 16.8. The number of halogens is 2. The number of hydrogen-bond donors (Lipinski definition) is 1. The maximum Gasteiger partial charge on any atom is 0.309 e. The summed E-state index contributed by atoms with van der Waals surface area (Å²) in [5.41, 5.74) is -0.273. The van der Waals surface area contributed by atoms with Crippen LogP contribution < -0.4 is 0 Å². The Hall–Kier alpha value is -0.0800. The molecule has 6 saturated carbocycles. The molecule has 4 bridgehead atoms. The second kappa shape index (κ2) is 6.02. The molecule has 0 aromatic carbocycles. The van der Waals surface area contributed by atoms with Gasteiger partial charge in [0.05, 0.1) is 16.9 Å². The summed E-state index contributed by atoms with van der Waals surface area (Å²) in [6.07, 6.45) is 12.7. The lowest BCUT2D eigenvalue weighted by Gasteiger charge is -2.48. The van der Waals surface area contributed by atoms with Crippen molar-refractivity contribution < 1.29 is 9.90 Å². The van der Waals surface area contributed by atoms with E-state index in [0.29, 0.717) is 8.65 Å². The summed E-state index contributed by atoms with van der Waals surface area (Å²) in [7, 11) is 0. The molecule has 6 fully saturated rings. The summed E-state index contributed by atoms with van der Waals surface area (Å²) in [4.78, 5) is 11.0. The highest BCUT2D eigenvalue weighted by molar-refractivity contribution is 9.10. The molecule has 128 valence electrons. The lowest BCUT2D eigenvalue weighted by Crippen LogP contribution is -2.46. The van der Waals surface area contributed by atoms with Gasteiger partial charge in [-0.15, -0.1) is 0 Å². The third kappa shape index (κ3) is 3.35. The average molecular weight is 447 g/mol. The molecule has 0 atom stereocenters. The van der Waals surface area contributed by atoms with E-state index in [1.165, 1.54) is 19.3 Å². The first kappa shape index (κ1) is 17.7. The van der Waals surface area contributed by atoms with Gasteiger partial charge in [-0.1, -0.05) is 31.9 Å². The van der Waals surface area contributed by atoms with Crippen LogP contribution in [0.15, 0.2) is 0 Å². The van der Waals surface area contributed by atoms with Crippen molar-refractivity contribution in [1.29, 1.82) is 5.26 Å². The van der Waals surface area contributed by atoms with Crippen LogP contribution in [-0.2, 0) is 4.79 Å². The Morgan fingerprint density at radius 3 is 1.43 bits per heavy atom. The number of alkyl halides is 2. The van der Waals surface area contributed by atoms with Crippen LogP contribution in [0.1, 0.15) is 77.0 Å². The Bertz CT molecular complexity index is 491. The lowest BCUT2D eigenvalue weighted by molar-refractivity contribution is -0.154. The summed E-state index contributed by atoms with van der Waals surface area (Å²) >= 11 is 7.49. The quantitative estimate of drug-likeness (QED) is 0.536. The van der Waals surface area contributed by atoms with Gasteiger partial charge in [0.1, 0.15) is 0 Å². The standard InChI is InChI=1S/C9H12BrN.C9H13BrO2/c10-9-4-1-8(7-11,2-5-9)3-6-9;10-9-4-1-8(2-5-9,3-6-9)7(11)12/h1-6H2;1-6H2,(H,11,12). The van der Waals surface area contributed by atoms with E-state index in [4.69, 9.17) is 10.4 Å². The van der Waals surface area contributed by atoms with Gasteiger partial charge in [0.25, 0.3) is 0 Å². The number of nitrogens with zero attached hydrogens (tertiary/aromatic N) is 1. The van der Waals surface area contributed by atoms with Crippen molar-refractivity contribution in [1.82, 2.24) is 0 Å². The highest BCUT2D eigenvalue weighted by Crippen LogP contribution is 2.56. The van der Waals surface area contributed by atoms with Gasteiger partial charge < -0.3 is 5.11 Å². The molecule has 1 N–H and O–H groups in total. The monoisotopic (exact) mass is 445 g/mol. The van der Waals surface area contributed by atoms with Crippen LogP contribution in [-0.4, -0.2) is 19.7 Å². The fraction of sp³-hybridized carbons (Fsp3) is 0.889. The van der Waals surface area contributed by atoms with E-state index < -0.39 is 5.97 Å². The molecule has 6 rings (SSSR count). The van der Waals surface area contributed by atoms with Crippen LogP contribution in [0.5, 0.6) is 0 Å². The van der Waals surface area contributed by atoms with Crippen molar-refractivity contribution in [2.45, 2.75) is 85.7 Å². The number of rotatable bonds is 1. The first-order chi connectivity index (χ1) is 10.7. The second-order valence-corrected chi connectivity index (χ2v) is 11.6. The van der Waals surface area contributed by atoms with E-state index in [2.05, 4.69) is 37.9 Å². The van der Waals surface area contributed by atoms with Crippen molar-refractivity contribution in [2.24, 2.45) is 10.8 Å². The molecule has 0 amide bonds. The Balaban J connectivity index is 0.000000136. The summed E-state index contributed by atoms with van der Waals surface area (Å²) in [6, 6.07) is 2.50. The minimum atomic E-state index is -0.572. The molecule has 5 heteroatoms. The molecular weight excluding hydrogens is 422 g/mol. The number of carboxylic acid groups (broad SMARTS) is 1. The maximum absolute atomic E-state index is 11.0. The van der Waals surface area contributed by atoms with Crippen LogP contribution >= 0.6 is 31.9 Å². The molecule has 0 saturated heterocycles. The van der Waals surface area contributed by atoms with Gasteiger partial charge in [-0.05, 0) is 77.0 Å². The van der Waals surface area contributed by atoms with Crippen molar-refractivity contribution in [3.8, 4) is 6.07 Å². The van der Waals surface area contributed by atoms with Gasteiger partial charge >= 0.3 is 5.97 Å². The average Bonchev–Trinajstić information content (AvgIpc) is 2.57. The lowest BCUT2D eigenvalue weighted by atomic mass is 9.61. The van der Waals surface area contributed by atoms with Crippen LogP contribution in [0.3, 0.4) is 0 Å². The molecule has 0 spiro atoms. The minimum Gasteiger partial charge on any atom is -0.481 e. The Morgan fingerprint density at radius 2 is 1.13 bits per heavy atom. The van der Waals surface area contributed by atoms with Gasteiger partial charge in [-0.3, -0.25) is 4.79 Å². The van der Waals surface area contributed by atoms with Crippen molar-refractivity contribution in [3.63, 3.8) is 0 Å². The van der Waals surface area contributed by atoms with Crippen LogP contribution in [0.25, 0.3) is 0 Å². The molecule has 6 aliphatic carbocycles. The highest BCUT2D eigenvalue weighted by atomic mass is 79.9. The molecule has 0 aliphatic heterocycles. The van der Waals surface area contributed by atoms with E-state index in [0.717, 1.165) is 57.8 Å². The van der Waals surface area contributed by atoms with Crippen molar-refractivity contribution >= 4 is 37.8 Å². The number of fused-ring (bicyclic) bond motifs is 6. The molecule has 0 radical (unpaired) electrons. The number of aliphatic carboxylic acids is 1. The van der Waals surface area contributed by atoms with Gasteiger partial charge in [0.2, 0.25) is 0 Å². The molecule has 0 aromatic heterocycles. The van der Waals surface area contributed by atoms with E-state index in [-0.39, 0.29) is 10.8 Å². The third-order valence-corrected chi connectivity index (χ3v) is 9.38. The molecule has 0 aromatic rings. The van der Waals surface area contributed by atoms with Crippen molar-refractivity contribution in [3.05, 3.63) is 0 Å². The van der Waals surface area contributed by atoms with Crippen LogP contribution in [0.4, 0.5) is 0 Å². The first-order valence-electron chi connectivity index (χ1n) is 8.77. The summed E-state index contributed by atoms with van der Waals surface area (Å²) in [6.45, 7) is 0. The number of nitriles is 1. The minimum absolute atomic E-state index is 0.0789. The van der Waals surface area contributed by atoms with Crippen LogP contribution in [0, 0.1) is 22.2 Å². The first-order valence-corrected chi connectivity index (χ1v) is 10.4. The summed E-state index contributed by atoms with van der Waals surface area (Å²) in [5.74, 6) is -0.572. The normalized spacial score (nSPS) is 47.3. The smallest absolute Gasteiger partial charge is 0.309 e.